The largest absolute Gasteiger partial charge is 0.332 e. The van der Waals surface area contributed by atoms with E-state index in [1.807, 2.05) is 60.7 Å². The van der Waals surface area contributed by atoms with Crippen LogP contribution in [0.2, 0.25) is 0 Å². The van der Waals surface area contributed by atoms with Crippen LogP contribution in [0.5, 0.6) is 0 Å². The maximum Gasteiger partial charge on any atom is 0.262 e. The number of fused-ring (bicyclic) bond motifs is 1. The molecule has 0 aliphatic carbocycles. The second-order valence-corrected chi connectivity index (χ2v) is 5.68. The van der Waals surface area contributed by atoms with E-state index >= 15 is 0 Å². The number of nitrogens with zero attached hydrogens (tertiary/aromatic N) is 1. The number of nitrogens with one attached hydrogen (secondary N) is 1. The summed E-state index contributed by atoms with van der Waals surface area (Å²) >= 11 is 1.43. The molecule has 3 rings (SSSR count). The Kier molecular flexibility index (Phi) is 3.67. The van der Waals surface area contributed by atoms with Crippen molar-refractivity contribution in [2.75, 3.05) is 0 Å². The van der Waals surface area contributed by atoms with Gasteiger partial charge in [-0.1, -0.05) is 48.5 Å². The minimum absolute atomic E-state index is 0.216. The van der Waals surface area contributed by atoms with Gasteiger partial charge in [0.05, 0.1) is 10.9 Å². The Hall–Kier alpha value is -2.64. The third-order valence-electron chi connectivity index (χ3n) is 3.19. The molecule has 1 amide bonds. The second kappa shape index (κ2) is 5.78. The number of hydrogen-bond acceptors (Lipinski definition) is 3. The zero-order chi connectivity index (χ0) is 14.7. The summed E-state index contributed by atoms with van der Waals surface area (Å²) in [5.74, 6) is -0.216. The maximum absolute atomic E-state index is 12.3. The highest BCUT2D eigenvalue weighted by molar-refractivity contribution is 7.20. The van der Waals surface area contributed by atoms with Crippen molar-refractivity contribution >= 4 is 27.3 Å². The fourth-order valence-corrected chi connectivity index (χ4v) is 3.10. The molecule has 0 spiro atoms. The number of carbonyl (C=O) groups excluding carboxylic acids is 1. The van der Waals surface area contributed by atoms with Crippen LogP contribution in [-0.2, 0) is 0 Å². The highest BCUT2D eigenvalue weighted by Gasteiger charge is 2.16. The molecule has 1 atom stereocenters. The molecule has 3 nitrogen and oxygen atoms in total. The summed E-state index contributed by atoms with van der Waals surface area (Å²) in [6, 6.07) is 20.4. The molecule has 0 fully saturated rings. The van der Waals surface area contributed by atoms with Crippen molar-refractivity contribution in [3.05, 3.63) is 71.1 Å². The van der Waals surface area contributed by atoms with Gasteiger partial charge in [0, 0.05) is 4.70 Å². The predicted molar refractivity (Wildman–Crippen MR) is 84.1 cm³/mol. The van der Waals surface area contributed by atoms with Crippen LogP contribution in [0.4, 0.5) is 0 Å². The molecule has 1 heterocycles. The van der Waals surface area contributed by atoms with Gasteiger partial charge in [-0.25, -0.2) is 0 Å². The molecule has 0 bridgehead atoms. The van der Waals surface area contributed by atoms with Gasteiger partial charge in [0.25, 0.3) is 5.91 Å². The molecule has 0 radical (unpaired) electrons. The maximum atomic E-state index is 12.3. The van der Waals surface area contributed by atoms with Crippen LogP contribution >= 0.6 is 11.3 Å². The summed E-state index contributed by atoms with van der Waals surface area (Å²) in [5, 5.41) is 13.1. The zero-order valence-corrected chi connectivity index (χ0v) is 11.9. The first-order valence-corrected chi connectivity index (χ1v) is 7.33. The van der Waals surface area contributed by atoms with E-state index in [4.69, 9.17) is 0 Å². The third kappa shape index (κ3) is 2.78. The molecular formula is C17H12N2OS. The number of rotatable bonds is 3. The van der Waals surface area contributed by atoms with Crippen molar-refractivity contribution in [1.82, 2.24) is 5.32 Å². The van der Waals surface area contributed by atoms with Crippen LogP contribution in [0.25, 0.3) is 10.1 Å². The summed E-state index contributed by atoms with van der Waals surface area (Å²) in [4.78, 5) is 12.9. The van der Waals surface area contributed by atoms with Gasteiger partial charge in [-0.3, -0.25) is 4.79 Å². The number of benzene rings is 2. The molecule has 0 aliphatic heterocycles. The quantitative estimate of drug-likeness (QED) is 0.796. The SMILES string of the molecule is N#CC(NC(=O)c1cc2ccccc2s1)c1ccccc1. The molecule has 0 aliphatic rings. The molecule has 102 valence electrons. The van der Waals surface area contributed by atoms with Crippen molar-refractivity contribution in [3.63, 3.8) is 0 Å². The Morgan fingerprint density at radius 1 is 1.10 bits per heavy atom. The van der Waals surface area contributed by atoms with E-state index in [2.05, 4.69) is 11.4 Å². The molecule has 4 heteroatoms. The van der Waals surface area contributed by atoms with E-state index in [0.717, 1.165) is 15.6 Å². The Morgan fingerprint density at radius 3 is 2.52 bits per heavy atom. The van der Waals surface area contributed by atoms with Crippen LogP contribution in [-0.4, -0.2) is 5.91 Å². The van der Waals surface area contributed by atoms with E-state index in [0.29, 0.717) is 4.88 Å². The minimum Gasteiger partial charge on any atom is -0.332 e. The summed E-state index contributed by atoms with van der Waals surface area (Å²) in [6.07, 6.45) is 0. The molecule has 21 heavy (non-hydrogen) atoms. The van der Waals surface area contributed by atoms with Crippen molar-refractivity contribution in [2.24, 2.45) is 0 Å². The zero-order valence-electron chi connectivity index (χ0n) is 11.1. The highest BCUT2D eigenvalue weighted by Crippen LogP contribution is 2.25. The lowest BCUT2D eigenvalue weighted by Gasteiger charge is -2.10. The fourth-order valence-electron chi connectivity index (χ4n) is 2.13. The second-order valence-electron chi connectivity index (χ2n) is 4.59. The van der Waals surface area contributed by atoms with Crippen molar-refractivity contribution in [1.29, 1.82) is 5.26 Å². The Bertz CT molecular complexity index is 784. The highest BCUT2D eigenvalue weighted by atomic mass is 32.1. The van der Waals surface area contributed by atoms with Crippen LogP contribution in [0.1, 0.15) is 21.3 Å². The smallest absolute Gasteiger partial charge is 0.262 e. The van der Waals surface area contributed by atoms with Crippen LogP contribution in [0, 0.1) is 11.3 Å². The minimum atomic E-state index is -0.635. The first kappa shape index (κ1) is 13.3. The van der Waals surface area contributed by atoms with Crippen molar-refractivity contribution in [3.8, 4) is 6.07 Å². The van der Waals surface area contributed by atoms with E-state index in [9.17, 15) is 10.1 Å². The molecule has 0 saturated carbocycles. The number of hydrogen-bond donors (Lipinski definition) is 1. The predicted octanol–water partition coefficient (Wildman–Crippen LogP) is 3.90. The summed E-state index contributed by atoms with van der Waals surface area (Å²) < 4.78 is 1.07. The molecule has 0 saturated heterocycles. The first-order chi connectivity index (χ1) is 10.3. The Morgan fingerprint density at radius 2 is 1.81 bits per heavy atom. The van der Waals surface area contributed by atoms with Crippen molar-refractivity contribution < 1.29 is 4.79 Å². The van der Waals surface area contributed by atoms with Gasteiger partial charge in [-0.15, -0.1) is 11.3 Å². The monoisotopic (exact) mass is 292 g/mol. The number of thiophene rings is 1. The van der Waals surface area contributed by atoms with E-state index in [1.165, 1.54) is 11.3 Å². The summed E-state index contributed by atoms with van der Waals surface area (Å²) in [5.41, 5.74) is 0.787. The Labute approximate surface area is 126 Å². The molecule has 1 N–H and O–H groups in total. The normalized spacial score (nSPS) is 11.8. The lowest BCUT2D eigenvalue weighted by molar-refractivity contribution is 0.0949. The fraction of sp³-hybridized carbons (Fsp3) is 0.0588. The van der Waals surface area contributed by atoms with Gasteiger partial charge in [0.15, 0.2) is 0 Å². The van der Waals surface area contributed by atoms with Gasteiger partial charge in [0.2, 0.25) is 0 Å². The van der Waals surface area contributed by atoms with Gasteiger partial charge >= 0.3 is 0 Å². The molecular weight excluding hydrogens is 280 g/mol. The molecule has 1 aromatic heterocycles. The third-order valence-corrected chi connectivity index (χ3v) is 4.30. The van der Waals surface area contributed by atoms with Crippen LogP contribution in [0.15, 0.2) is 60.7 Å². The average molecular weight is 292 g/mol. The standard InChI is InChI=1S/C17H12N2OS/c18-11-14(12-6-2-1-3-7-12)19-17(20)16-10-13-8-4-5-9-15(13)21-16/h1-10,14H,(H,19,20). The lowest BCUT2D eigenvalue weighted by Crippen LogP contribution is -2.26. The molecule has 2 aromatic carbocycles. The molecule has 1 unspecified atom stereocenters. The lowest BCUT2D eigenvalue weighted by atomic mass is 10.1. The Balaban J connectivity index is 1.83. The van der Waals surface area contributed by atoms with Gasteiger partial charge in [0.1, 0.15) is 6.04 Å². The van der Waals surface area contributed by atoms with Gasteiger partial charge in [-0.2, -0.15) is 5.26 Å². The van der Waals surface area contributed by atoms with Gasteiger partial charge < -0.3 is 5.32 Å². The van der Waals surface area contributed by atoms with Crippen LogP contribution in [0.3, 0.4) is 0 Å². The number of carbonyl (C=O) groups is 1. The van der Waals surface area contributed by atoms with E-state index in [1.54, 1.807) is 0 Å². The first-order valence-electron chi connectivity index (χ1n) is 6.52. The van der Waals surface area contributed by atoms with E-state index in [-0.39, 0.29) is 5.91 Å². The van der Waals surface area contributed by atoms with Gasteiger partial charge in [-0.05, 0) is 23.1 Å². The summed E-state index contributed by atoms with van der Waals surface area (Å²) in [6.45, 7) is 0. The topological polar surface area (TPSA) is 52.9 Å². The van der Waals surface area contributed by atoms with Crippen LogP contribution < -0.4 is 5.32 Å². The van der Waals surface area contributed by atoms with Crippen molar-refractivity contribution in [2.45, 2.75) is 6.04 Å². The number of amides is 1. The van der Waals surface area contributed by atoms with E-state index < -0.39 is 6.04 Å². The average Bonchev–Trinajstić information content (AvgIpc) is 2.97. The molecule has 3 aromatic rings. The number of nitriles is 1. The summed E-state index contributed by atoms with van der Waals surface area (Å²) in [7, 11) is 0.